The van der Waals surface area contributed by atoms with Gasteiger partial charge < -0.3 is 10.8 Å². The Hall–Kier alpha value is -0.0300. The number of hydrogen-bond acceptors (Lipinski definition) is 2. The van der Waals surface area contributed by atoms with Crippen LogP contribution in [0.25, 0.3) is 0 Å². The van der Waals surface area contributed by atoms with E-state index in [1.807, 2.05) is 0 Å². The number of phenols is 1. The standard InChI is InChI=1S/C9H9Br2NO.ClH/c1-2-8(12)5-3-6(10)9(13)7(11)4-5;/h2-4,8,13H,1,12H2;1H/t8-;/m0./s1. The van der Waals surface area contributed by atoms with Gasteiger partial charge in [0.05, 0.1) is 8.95 Å². The summed E-state index contributed by atoms with van der Waals surface area (Å²) in [6.07, 6.45) is 1.64. The Morgan fingerprint density at radius 1 is 1.36 bits per heavy atom. The van der Waals surface area contributed by atoms with Crippen LogP contribution in [-0.2, 0) is 0 Å². The van der Waals surface area contributed by atoms with Gasteiger partial charge in [0.25, 0.3) is 0 Å². The second kappa shape index (κ2) is 5.75. The number of rotatable bonds is 2. The van der Waals surface area contributed by atoms with Crippen LogP contribution >= 0.6 is 44.3 Å². The van der Waals surface area contributed by atoms with Crippen LogP contribution in [0, 0.1) is 0 Å². The minimum atomic E-state index is -0.215. The first kappa shape index (κ1) is 14.0. The highest BCUT2D eigenvalue weighted by Gasteiger charge is 2.08. The van der Waals surface area contributed by atoms with Gasteiger partial charge in [0.2, 0.25) is 0 Å². The highest BCUT2D eigenvalue weighted by molar-refractivity contribution is 9.11. The van der Waals surface area contributed by atoms with Crippen molar-refractivity contribution in [2.75, 3.05) is 0 Å². The summed E-state index contributed by atoms with van der Waals surface area (Å²) in [6, 6.07) is 3.33. The molecule has 0 bridgehead atoms. The van der Waals surface area contributed by atoms with Crippen molar-refractivity contribution in [2.45, 2.75) is 6.04 Å². The monoisotopic (exact) mass is 341 g/mol. The number of benzene rings is 1. The van der Waals surface area contributed by atoms with Crippen LogP contribution in [-0.4, -0.2) is 5.11 Å². The summed E-state index contributed by atoms with van der Waals surface area (Å²) in [7, 11) is 0. The van der Waals surface area contributed by atoms with E-state index in [1.165, 1.54) is 0 Å². The topological polar surface area (TPSA) is 46.2 Å². The molecule has 2 nitrogen and oxygen atoms in total. The minimum absolute atomic E-state index is 0. The van der Waals surface area contributed by atoms with Gasteiger partial charge in [-0.2, -0.15) is 0 Å². The molecule has 0 heterocycles. The highest BCUT2D eigenvalue weighted by Crippen LogP contribution is 2.34. The number of nitrogens with two attached hydrogens (primary N) is 1. The van der Waals surface area contributed by atoms with Crippen molar-refractivity contribution in [2.24, 2.45) is 5.73 Å². The molecule has 0 amide bonds. The first-order chi connectivity index (χ1) is 6.06. The molecule has 3 N–H and O–H groups in total. The van der Waals surface area contributed by atoms with Gasteiger partial charge in [0.1, 0.15) is 5.75 Å². The smallest absolute Gasteiger partial charge is 0.143 e. The molecule has 0 spiro atoms. The van der Waals surface area contributed by atoms with E-state index in [-0.39, 0.29) is 24.2 Å². The van der Waals surface area contributed by atoms with Gasteiger partial charge in [-0.25, -0.2) is 0 Å². The van der Waals surface area contributed by atoms with E-state index in [1.54, 1.807) is 18.2 Å². The summed E-state index contributed by atoms with van der Waals surface area (Å²) >= 11 is 6.45. The Morgan fingerprint density at radius 2 is 1.79 bits per heavy atom. The molecule has 0 fully saturated rings. The van der Waals surface area contributed by atoms with Crippen LogP contribution in [0.2, 0.25) is 0 Å². The molecule has 5 heteroatoms. The molecule has 0 aliphatic carbocycles. The molecule has 78 valence electrons. The lowest BCUT2D eigenvalue weighted by atomic mass is 10.1. The zero-order valence-corrected chi connectivity index (χ0v) is 11.2. The summed E-state index contributed by atoms with van der Waals surface area (Å²) in [4.78, 5) is 0. The summed E-state index contributed by atoms with van der Waals surface area (Å²) in [5, 5.41) is 9.42. The maximum Gasteiger partial charge on any atom is 0.143 e. The lowest BCUT2D eigenvalue weighted by Crippen LogP contribution is -2.06. The molecular formula is C9H10Br2ClNO. The van der Waals surface area contributed by atoms with Gasteiger partial charge in [0, 0.05) is 6.04 Å². The fraction of sp³-hybridized carbons (Fsp3) is 0.111. The van der Waals surface area contributed by atoms with Crippen LogP contribution in [0.15, 0.2) is 33.7 Å². The summed E-state index contributed by atoms with van der Waals surface area (Å²) in [5.74, 6) is 0.181. The number of phenolic OH excluding ortho intramolecular Hbond substituents is 1. The van der Waals surface area contributed by atoms with Crippen molar-refractivity contribution >= 4 is 44.3 Å². The van der Waals surface area contributed by atoms with Gasteiger partial charge in [-0.15, -0.1) is 19.0 Å². The average Bonchev–Trinajstić information content (AvgIpc) is 2.12. The van der Waals surface area contributed by atoms with E-state index in [0.717, 1.165) is 5.56 Å². The maximum atomic E-state index is 9.42. The second-order valence-corrected chi connectivity index (χ2v) is 4.30. The Kier molecular flexibility index (Phi) is 5.74. The molecule has 0 aromatic heterocycles. The van der Waals surface area contributed by atoms with Gasteiger partial charge in [-0.05, 0) is 49.6 Å². The molecule has 0 aliphatic rings. The van der Waals surface area contributed by atoms with E-state index in [0.29, 0.717) is 8.95 Å². The minimum Gasteiger partial charge on any atom is -0.506 e. The third-order valence-corrected chi connectivity index (χ3v) is 2.89. The molecule has 1 atom stereocenters. The lowest BCUT2D eigenvalue weighted by molar-refractivity contribution is 0.468. The van der Waals surface area contributed by atoms with E-state index in [9.17, 15) is 5.11 Å². The number of halogens is 3. The third-order valence-electron chi connectivity index (χ3n) is 1.68. The summed E-state index contributed by atoms with van der Waals surface area (Å²) in [5.41, 5.74) is 6.64. The first-order valence-corrected chi connectivity index (χ1v) is 5.21. The summed E-state index contributed by atoms with van der Waals surface area (Å²) in [6.45, 7) is 3.60. The Morgan fingerprint density at radius 3 is 2.14 bits per heavy atom. The summed E-state index contributed by atoms with van der Waals surface area (Å²) < 4.78 is 1.24. The normalized spacial score (nSPS) is 11.6. The van der Waals surface area contributed by atoms with Gasteiger partial charge >= 0.3 is 0 Å². The van der Waals surface area contributed by atoms with E-state index >= 15 is 0 Å². The van der Waals surface area contributed by atoms with Crippen LogP contribution in [0.3, 0.4) is 0 Å². The van der Waals surface area contributed by atoms with Crippen LogP contribution in [0.4, 0.5) is 0 Å². The van der Waals surface area contributed by atoms with E-state index in [4.69, 9.17) is 5.73 Å². The van der Waals surface area contributed by atoms with Gasteiger partial charge in [-0.1, -0.05) is 6.08 Å². The third kappa shape index (κ3) is 2.98. The van der Waals surface area contributed by atoms with Crippen LogP contribution in [0.5, 0.6) is 5.75 Å². The largest absolute Gasteiger partial charge is 0.506 e. The highest BCUT2D eigenvalue weighted by atomic mass is 79.9. The van der Waals surface area contributed by atoms with Crippen molar-refractivity contribution in [3.8, 4) is 5.75 Å². The zero-order valence-electron chi connectivity index (χ0n) is 7.21. The molecule has 1 aromatic rings. The molecule has 1 aromatic carbocycles. The second-order valence-electron chi connectivity index (χ2n) is 2.59. The Balaban J connectivity index is 0.00000169. The SMILES string of the molecule is C=C[C@H](N)c1cc(Br)c(O)c(Br)c1.Cl. The van der Waals surface area contributed by atoms with Crippen molar-refractivity contribution in [1.82, 2.24) is 0 Å². The van der Waals surface area contributed by atoms with Crippen molar-refractivity contribution in [3.05, 3.63) is 39.3 Å². The van der Waals surface area contributed by atoms with Crippen molar-refractivity contribution in [1.29, 1.82) is 0 Å². The number of hydrogen-bond donors (Lipinski definition) is 2. The predicted octanol–water partition coefficient (Wildman–Crippen LogP) is 3.52. The fourth-order valence-corrected chi connectivity index (χ4v) is 2.14. The van der Waals surface area contributed by atoms with Gasteiger partial charge in [-0.3, -0.25) is 0 Å². The Bertz CT molecular complexity index is 321. The quantitative estimate of drug-likeness (QED) is 0.807. The zero-order chi connectivity index (χ0) is 10.0. The fourth-order valence-electron chi connectivity index (χ4n) is 0.914. The van der Waals surface area contributed by atoms with Crippen molar-refractivity contribution < 1.29 is 5.11 Å². The van der Waals surface area contributed by atoms with Crippen LogP contribution in [0.1, 0.15) is 11.6 Å². The molecule has 0 saturated heterocycles. The van der Waals surface area contributed by atoms with Crippen LogP contribution < -0.4 is 5.73 Å². The number of aromatic hydroxyl groups is 1. The maximum absolute atomic E-state index is 9.42. The molecule has 1 rings (SSSR count). The Labute approximate surface area is 106 Å². The lowest BCUT2D eigenvalue weighted by Gasteiger charge is -2.09. The predicted molar refractivity (Wildman–Crippen MR) is 67.9 cm³/mol. The first-order valence-electron chi connectivity index (χ1n) is 3.62. The average molecular weight is 343 g/mol. The van der Waals surface area contributed by atoms with E-state index < -0.39 is 0 Å². The molecule has 0 saturated carbocycles. The molecule has 0 unspecified atom stereocenters. The molecular weight excluding hydrogens is 333 g/mol. The van der Waals surface area contributed by atoms with Crippen molar-refractivity contribution in [3.63, 3.8) is 0 Å². The van der Waals surface area contributed by atoms with Gasteiger partial charge in [0.15, 0.2) is 0 Å². The van der Waals surface area contributed by atoms with E-state index in [2.05, 4.69) is 38.4 Å². The molecule has 0 radical (unpaired) electrons. The molecule has 14 heavy (non-hydrogen) atoms. The molecule has 0 aliphatic heterocycles.